The number of fused-ring (bicyclic) bond motifs is 2. The van der Waals surface area contributed by atoms with E-state index < -0.39 is 5.97 Å². The molecule has 2 aromatic rings. The van der Waals surface area contributed by atoms with Gasteiger partial charge in [-0.3, -0.25) is 0 Å². The third-order valence-electron chi connectivity index (χ3n) is 6.99. The van der Waals surface area contributed by atoms with Crippen molar-refractivity contribution in [3.8, 4) is 5.75 Å². The Morgan fingerprint density at radius 2 is 1.92 bits per heavy atom. The first-order valence-corrected chi connectivity index (χ1v) is 9.67. The topological polar surface area (TPSA) is 59.7 Å². The van der Waals surface area contributed by atoms with E-state index in [4.69, 9.17) is 14.3 Å². The predicted molar refractivity (Wildman–Crippen MR) is 96.3 cm³/mol. The molecule has 4 nitrogen and oxygen atoms in total. The van der Waals surface area contributed by atoms with Gasteiger partial charge in [-0.25, -0.2) is 4.79 Å². The molecule has 3 aliphatic carbocycles. The minimum Gasteiger partial charge on any atom is -0.486 e. The maximum atomic E-state index is 10.9. The number of aromatic carboxylic acids is 1. The molecule has 4 heteroatoms. The number of furan rings is 1. The van der Waals surface area contributed by atoms with Crippen LogP contribution in [-0.2, 0) is 12.0 Å². The molecule has 0 amide bonds. The van der Waals surface area contributed by atoms with Crippen molar-refractivity contribution in [1.82, 2.24) is 0 Å². The average molecular weight is 352 g/mol. The Balaban J connectivity index is 1.28. The standard InChI is InChI=1S/C22H24O4/c23-21(24)20-6-5-19(26-20)13-25-18-3-1-17(2-4-18)22-8-7-15-9-14(11-22)10-16(15)12-22/h1-6,14-16H,7-13H2,(H,23,24). The Labute approximate surface area is 153 Å². The molecule has 3 bridgehead atoms. The lowest BCUT2D eigenvalue weighted by molar-refractivity contribution is 0.0658. The number of carbonyl (C=O) groups is 1. The number of hydrogen-bond donors (Lipinski definition) is 1. The third kappa shape index (κ3) is 2.63. The molecule has 1 heterocycles. The summed E-state index contributed by atoms with van der Waals surface area (Å²) in [5, 5.41) is 8.90. The van der Waals surface area contributed by atoms with Gasteiger partial charge < -0.3 is 14.3 Å². The Kier molecular flexibility index (Phi) is 3.63. The van der Waals surface area contributed by atoms with E-state index in [9.17, 15) is 4.79 Å². The van der Waals surface area contributed by atoms with Crippen LogP contribution in [0.5, 0.6) is 5.75 Å². The van der Waals surface area contributed by atoms with Crippen molar-refractivity contribution in [2.75, 3.05) is 0 Å². The molecule has 26 heavy (non-hydrogen) atoms. The highest BCUT2D eigenvalue weighted by Crippen LogP contribution is 2.61. The average Bonchev–Trinajstić information content (AvgIpc) is 3.19. The first kappa shape index (κ1) is 16.0. The van der Waals surface area contributed by atoms with Gasteiger partial charge in [0.1, 0.15) is 18.1 Å². The smallest absolute Gasteiger partial charge is 0.371 e. The first-order chi connectivity index (χ1) is 12.6. The van der Waals surface area contributed by atoms with E-state index in [1.165, 1.54) is 50.2 Å². The Morgan fingerprint density at radius 1 is 1.12 bits per heavy atom. The van der Waals surface area contributed by atoms with E-state index in [0.29, 0.717) is 11.2 Å². The lowest BCUT2D eigenvalue weighted by Crippen LogP contribution is -2.37. The van der Waals surface area contributed by atoms with Gasteiger partial charge in [0.25, 0.3) is 0 Å². The normalized spacial score (nSPS) is 31.9. The van der Waals surface area contributed by atoms with Crippen LogP contribution in [-0.4, -0.2) is 11.1 Å². The lowest BCUT2D eigenvalue weighted by Gasteiger charge is -2.45. The molecule has 1 aromatic carbocycles. The van der Waals surface area contributed by atoms with Crippen molar-refractivity contribution < 1.29 is 19.1 Å². The largest absolute Gasteiger partial charge is 0.486 e. The molecule has 1 N–H and O–H groups in total. The van der Waals surface area contributed by atoms with Crippen molar-refractivity contribution in [2.24, 2.45) is 17.8 Å². The zero-order chi connectivity index (χ0) is 17.7. The second-order valence-electron chi connectivity index (χ2n) is 8.47. The highest BCUT2D eigenvalue weighted by molar-refractivity contribution is 5.84. The molecule has 4 unspecified atom stereocenters. The van der Waals surface area contributed by atoms with Crippen LogP contribution in [0, 0.1) is 17.8 Å². The highest BCUT2D eigenvalue weighted by Gasteiger charge is 2.52. The number of carboxylic acid groups (broad SMARTS) is 1. The summed E-state index contributed by atoms with van der Waals surface area (Å²) in [7, 11) is 0. The van der Waals surface area contributed by atoms with Crippen molar-refractivity contribution in [3.05, 3.63) is 53.5 Å². The maximum Gasteiger partial charge on any atom is 0.371 e. The molecule has 5 rings (SSSR count). The third-order valence-corrected chi connectivity index (χ3v) is 6.99. The van der Waals surface area contributed by atoms with Gasteiger partial charge in [0.2, 0.25) is 5.76 Å². The summed E-state index contributed by atoms with van der Waals surface area (Å²) < 4.78 is 11.0. The van der Waals surface area contributed by atoms with Crippen LogP contribution in [0.25, 0.3) is 0 Å². The summed E-state index contributed by atoms with van der Waals surface area (Å²) in [6.45, 7) is 0.240. The van der Waals surface area contributed by atoms with Gasteiger partial charge in [-0.1, -0.05) is 12.1 Å². The fraction of sp³-hybridized carbons (Fsp3) is 0.500. The van der Waals surface area contributed by atoms with Gasteiger partial charge in [0.15, 0.2) is 0 Å². The minimum atomic E-state index is -1.06. The van der Waals surface area contributed by atoms with E-state index in [1.807, 2.05) is 12.1 Å². The monoisotopic (exact) mass is 352 g/mol. The van der Waals surface area contributed by atoms with Crippen molar-refractivity contribution in [3.63, 3.8) is 0 Å². The molecule has 3 aliphatic rings. The van der Waals surface area contributed by atoms with Gasteiger partial charge in [-0.2, -0.15) is 0 Å². The molecule has 4 atom stereocenters. The summed E-state index contributed by atoms with van der Waals surface area (Å²) >= 11 is 0. The van der Waals surface area contributed by atoms with Crippen LogP contribution >= 0.6 is 0 Å². The van der Waals surface area contributed by atoms with Gasteiger partial charge in [-0.15, -0.1) is 0 Å². The second-order valence-corrected chi connectivity index (χ2v) is 8.47. The van der Waals surface area contributed by atoms with Crippen molar-refractivity contribution >= 4 is 5.97 Å². The number of rotatable bonds is 5. The summed E-state index contributed by atoms with van der Waals surface area (Å²) in [6, 6.07) is 11.7. The van der Waals surface area contributed by atoms with Gasteiger partial charge in [0, 0.05) is 0 Å². The van der Waals surface area contributed by atoms with Crippen LogP contribution in [0.3, 0.4) is 0 Å². The molecule has 0 saturated heterocycles. The molecular weight excluding hydrogens is 328 g/mol. The van der Waals surface area contributed by atoms with Crippen LogP contribution in [0.4, 0.5) is 0 Å². The van der Waals surface area contributed by atoms with Crippen molar-refractivity contribution in [1.29, 1.82) is 0 Å². The summed E-state index contributed by atoms with van der Waals surface area (Å²) in [5.41, 5.74) is 1.88. The minimum absolute atomic E-state index is 0.0550. The molecule has 136 valence electrons. The van der Waals surface area contributed by atoms with E-state index in [2.05, 4.69) is 12.1 Å². The van der Waals surface area contributed by atoms with E-state index in [0.717, 1.165) is 23.5 Å². The number of benzene rings is 1. The highest BCUT2D eigenvalue weighted by atomic mass is 16.5. The molecule has 0 aliphatic heterocycles. The maximum absolute atomic E-state index is 10.9. The van der Waals surface area contributed by atoms with Crippen LogP contribution in [0.2, 0.25) is 0 Å². The summed E-state index contributed by atoms with van der Waals surface area (Å²) in [5.74, 6) is 3.11. The second kappa shape index (κ2) is 5.90. The fourth-order valence-corrected chi connectivity index (χ4v) is 5.92. The lowest BCUT2D eigenvalue weighted by atomic mass is 9.59. The molecule has 3 saturated carbocycles. The summed E-state index contributed by atoms with van der Waals surface area (Å²) in [4.78, 5) is 10.9. The molecule has 1 aromatic heterocycles. The van der Waals surface area contributed by atoms with Crippen LogP contribution in [0.15, 0.2) is 40.8 Å². The molecule has 3 fully saturated rings. The van der Waals surface area contributed by atoms with E-state index in [1.54, 1.807) is 6.07 Å². The zero-order valence-electron chi connectivity index (χ0n) is 14.8. The Bertz CT molecular complexity index is 817. The van der Waals surface area contributed by atoms with Gasteiger partial charge in [0.05, 0.1) is 0 Å². The van der Waals surface area contributed by atoms with Crippen molar-refractivity contribution in [2.45, 2.75) is 50.5 Å². The molecule has 0 spiro atoms. The zero-order valence-corrected chi connectivity index (χ0v) is 14.8. The molecule has 0 radical (unpaired) electrons. The first-order valence-electron chi connectivity index (χ1n) is 9.67. The number of carboxylic acids is 1. The summed E-state index contributed by atoms with van der Waals surface area (Å²) in [6.07, 6.45) is 8.42. The predicted octanol–water partition coefficient (Wildman–Crippen LogP) is 5.02. The number of ether oxygens (including phenoxy) is 1. The fourth-order valence-electron chi connectivity index (χ4n) is 5.92. The van der Waals surface area contributed by atoms with E-state index in [-0.39, 0.29) is 12.4 Å². The SMILES string of the molecule is O=C(O)c1ccc(COc2ccc(C34CCC5CC(CC5C3)C4)cc2)o1. The quantitative estimate of drug-likeness (QED) is 0.820. The van der Waals surface area contributed by atoms with Gasteiger partial charge >= 0.3 is 5.97 Å². The number of hydrogen-bond acceptors (Lipinski definition) is 3. The Morgan fingerprint density at radius 3 is 2.69 bits per heavy atom. The Hall–Kier alpha value is -2.23. The van der Waals surface area contributed by atoms with Crippen LogP contribution in [0.1, 0.15) is 60.4 Å². The molecular formula is C22H24O4. The van der Waals surface area contributed by atoms with Crippen LogP contribution < -0.4 is 4.74 Å². The van der Waals surface area contributed by atoms with Gasteiger partial charge in [-0.05, 0) is 91.5 Å². The van der Waals surface area contributed by atoms with E-state index >= 15 is 0 Å².